The van der Waals surface area contributed by atoms with Crippen LogP contribution in [0.2, 0.25) is 5.02 Å². The third kappa shape index (κ3) is 4.86. The average molecular weight is 381 g/mol. The summed E-state index contributed by atoms with van der Waals surface area (Å²) in [5.74, 6) is -0.224. The lowest BCUT2D eigenvalue weighted by Crippen LogP contribution is -2.16. The molecule has 0 saturated heterocycles. The van der Waals surface area contributed by atoms with Crippen LogP contribution in [0.25, 0.3) is 10.8 Å². The third-order valence-corrected chi connectivity index (χ3v) is 4.56. The number of fused-ring (bicyclic) bond motifs is 1. The lowest BCUT2D eigenvalue weighted by molar-refractivity contribution is -0.116. The fourth-order valence-electron chi connectivity index (χ4n) is 2.96. The minimum Gasteiger partial charge on any atom is -0.326 e. The van der Waals surface area contributed by atoms with Gasteiger partial charge >= 0.3 is 0 Å². The van der Waals surface area contributed by atoms with Gasteiger partial charge in [0.2, 0.25) is 11.8 Å². The molecule has 27 heavy (non-hydrogen) atoms. The lowest BCUT2D eigenvalue weighted by Gasteiger charge is -2.11. The fourth-order valence-corrected chi connectivity index (χ4v) is 3.13. The topological polar surface area (TPSA) is 58.2 Å². The zero-order chi connectivity index (χ0) is 19.2. The van der Waals surface area contributed by atoms with Crippen molar-refractivity contribution in [1.82, 2.24) is 0 Å². The van der Waals surface area contributed by atoms with Gasteiger partial charge in [-0.1, -0.05) is 61.0 Å². The van der Waals surface area contributed by atoms with Crippen LogP contribution in [0.1, 0.15) is 25.3 Å². The molecule has 0 aliphatic heterocycles. The van der Waals surface area contributed by atoms with E-state index in [-0.39, 0.29) is 18.2 Å². The molecule has 0 atom stereocenters. The Morgan fingerprint density at radius 1 is 0.926 bits per heavy atom. The second-order valence-electron chi connectivity index (χ2n) is 6.36. The minimum atomic E-state index is -0.162. The number of rotatable bonds is 6. The maximum atomic E-state index is 12.6. The summed E-state index contributed by atoms with van der Waals surface area (Å²) in [4.78, 5) is 24.3. The number of nitrogens with one attached hydrogen (secondary N) is 2. The molecule has 0 aliphatic carbocycles. The second kappa shape index (κ2) is 8.69. The van der Waals surface area contributed by atoms with Crippen LogP contribution in [-0.2, 0) is 16.0 Å². The number of amides is 2. The number of hydrogen-bond acceptors (Lipinski definition) is 2. The summed E-state index contributed by atoms with van der Waals surface area (Å²) in [7, 11) is 0. The molecule has 0 aromatic heterocycles. The summed E-state index contributed by atoms with van der Waals surface area (Å²) in [5.41, 5.74) is 2.05. The molecular weight excluding hydrogens is 360 g/mol. The quantitative estimate of drug-likeness (QED) is 0.600. The summed E-state index contributed by atoms with van der Waals surface area (Å²) in [6.45, 7) is 1.94. The molecule has 0 unspecified atom stereocenters. The molecule has 3 aromatic rings. The second-order valence-corrected chi connectivity index (χ2v) is 6.76. The largest absolute Gasteiger partial charge is 0.326 e. The van der Waals surface area contributed by atoms with Crippen molar-refractivity contribution in [3.8, 4) is 0 Å². The summed E-state index contributed by atoms with van der Waals surface area (Å²) in [5, 5.41) is 8.24. The van der Waals surface area contributed by atoms with Crippen LogP contribution in [-0.4, -0.2) is 11.8 Å². The van der Waals surface area contributed by atoms with Gasteiger partial charge in [-0.15, -0.1) is 0 Å². The van der Waals surface area contributed by atoms with Gasteiger partial charge in [-0.05, 0) is 41.0 Å². The van der Waals surface area contributed by atoms with Gasteiger partial charge in [0.05, 0.1) is 17.1 Å². The Kier molecular flexibility index (Phi) is 6.09. The molecule has 2 amide bonds. The number of carbonyl (C=O) groups excluding carboxylic acids is 2. The van der Waals surface area contributed by atoms with Crippen LogP contribution in [0.5, 0.6) is 0 Å². The average Bonchev–Trinajstić information content (AvgIpc) is 2.65. The summed E-state index contributed by atoms with van der Waals surface area (Å²) >= 11 is 6.21. The van der Waals surface area contributed by atoms with Crippen molar-refractivity contribution in [2.75, 3.05) is 10.6 Å². The zero-order valence-corrected chi connectivity index (χ0v) is 15.8. The van der Waals surface area contributed by atoms with Crippen molar-refractivity contribution in [3.05, 3.63) is 71.2 Å². The first kappa shape index (κ1) is 18.9. The summed E-state index contributed by atoms with van der Waals surface area (Å²) in [6, 6.07) is 18.9. The Bertz CT molecular complexity index is 980. The first-order valence-electron chi connectivity index (χ1n) is 8.92. The van der Waals surface area contributed by atoms with Crippen LogP contribution >= 0.6 is 11.6 Å². The van der Waals surface area contributed by atoms with Crippen molar-refractivity contribution < 1.29 is 9.59 Å². The third-order valence-electron chi connectivity index (χ3n) is 4.23. The van der Waals surface area contributed by atoms with E-state index in [1.807, 2.05) is 49.4 Å². The predicted molar refractivity (Wildman–Crippen MR) is 111 cm³/mol. The Morgan fingerprint density at radius 3 is 2.52 bits per heavy atom. The van der Waals surface area contributed by atoms with Crippen LogP contribution in [0.15, 0.2) is 60.7 Å². The van der Waals surface area contributed by atoms with Gasteiger partial charge < -0.3 is 10.6 Å². The Hall–Kier alpha value is -2.85. The SMILES string of the molecule is CCCC(=O)Nc1ccc(Cl)c(NC(=O)Cc2cccc3ccccc23)c1. The Morgan fingerprint density at radius 2 is 1.70 bits per heavy atom. The van der Waals surface area contributed by atoms with Gasteiger partial charge in [-0.3, -0.25) is 9.59 Å². The van der Waals surface area contributed by atoms with Gasteiger partial charge in [0.25, 0.3) is 0 Å². The van der Waals surface area contributed by atoms with Gasteiger partial charge in [-0.25, -0.2) is 0 Å². The van der Waals surface area contributed by atoms with Crippen LogP contribution in [0, 0.1) is 0 Å². The van der Waals surface area contributed by atoms with E-state index in [2.05, 4.69) is 10.6 Å². The van der Waals surface area contributed by atoms with E-state index in [1.54, 1.807) is 18.2 Å². The monoisotopic (exact) mass is 380 g/mol. The standard InChI is InChI=1S/C22H21ClN2O2/c1-2-6-21(26)24-17-11-12-19(23)20(14-17)25-22(27)13-16-9-5-8-15-7-3-4-10-18(15)16/h3-5,7-12,14H,2,6,13H2,1H3,(H,24,26)(H,25,27). The number of carbonyl (C=O) groups is 2. The maximum Gasteiger partial charge on any atom is 0.228 e. The van der Waals surface area contributed by atoms with Crippen molar-refractivity contribution in [1.29, 1.82) is 0 Å². The van der Waals surface area contributed by atoms with Crippen LogP contribution < -0.4 is 10.6 Å². The molecule has 5 heteroatoms. The molecular formula is C22H21ClN2O2. The fraction of sp³-hybridized carbons (Fsp3) is 0.182. The first-order valence-corrected chi connectivity index (χ1v) is 9.30. The van der Waals surface area contributed by atoms with Crippen LogP contribution in [0.4, 0.5) is 11.4 Å². The highest BCUT2D eigenvalue weighted by atomic mass is 35.5. The van der Waals surface area contributed by atoms with Crippen molar-refractivity contribution in [2.24, 2.45) is 0 Å². The normalized spacial score (nSPS) is 10.6. The number of halogens is 1. The van der Waals surface area contributed by atoms with E-state index >= 15 is 0 Å². The van der Waals surface area contributed by atoms with E-state index in [1.165, 1.54) is 0 Å². The molecule has 4 nitrogen and oxygen atoms in total. The first-order chi connectivity index (χ1) is 13.1. The van der Waals surface area contributed by atoms with E-state index in [4.69, 9.17) is 11.6 Å². The molecule has 3 rings (SSSR count). The van der Waals surface area contributed by atoms with E-state index in [0.29, 0.717) is 22.8 Å². The summed E-state index contributed by atoms with van der Waals surface area (Å²) in [6.07, 6.45) is 1.46. The lowest BCUT2D eigenvalue weighted by atomic mass is 10.0. The van der Waals surface area contributed by atoms with Crippen molar-refractivity contribution in [3.63, 3.8) is 0 Å². The van der Waals surface area contributed by atoms with Gasteiger partial charge in [0.15, 0.2) is 0 Å². The van der Waals surface area contributed by atoms with E-state index in [0.717, 1.165) is 22.8 Å². The molecule has 0 fully saturated rings. The number of hydrogen-bond donors (Lipinski definition) is 2. The molecule has 2 N–H and O–H groups in total. The van der Waals surface area contributed by atoms with Gasteiger partial charge in [0, 0.05) is 12.1 Å². The van der Waals surface area contributed by atoms with Crippen LogP contribution in [0.3, 0.4) is 0 Å². The molecule has 3 aromatic carbocycles. The number of anilines is 2. The molecule has 0 spiro atoms. The molecule has 0 aliphatic rings. The van der Waals surface area contributed by atoms with E-state index in [9.17, 15) is 9.59 Å². The summed E-state index contributed by atoms with van der Waals surface area (Å²) < 4.78 is 0. The molecule has 0 bridgehead atoms. The maximum absolute atomic E-state index is 12.6. The molecule has 138 valence electrons. The Labute approximate surface area is 163 Å². The van der Waals surface area contributed by atoms with Gasteiger partial charge in [-0.2, -0.15) is 0 Å². The smallest absolute Gasteiger partial charge is 0.228 e. The van der Waals surface area contributed by atoms with Gasteiger partial charge in [0.1, 0.15) is 0 Å². The highest BCUT2D eigenvalue weighted by molar-refractivity contribution is 6.33. The highest BCUT2D eigenvalue weighted by Crippen LogP contribution is 2.26. The number of benzene rings is 3. The predicted octanol–water partition coefficient (Wildman–Crippen LogP) is 5.41. The molecule has 0 radical (unpaired) electrons. The molecule has 0 heterocycles. The van der Waals surface area contributed by atoms with E-state index < -0.39 is 0 Å². The zero-order valence-electron chi connectivity index (χ0n) is 15.1. The minimum absolute atomic E-state index is 0.0622. The van der Waals surface area contributed by atoms with Crippen molar-refractivity contribution in [2.45, 2.75) is 26.2 Å². The Balaban J connectivity index is 1.74. The van der Waals surface area contributed by atoms with Crippen molar-refractivity contribution >= 4 is 45.6 Å². The molecule has 0 saturated carbocycles. The highest BCUT2D eigenvalue weighted by Gasteiger charge is 2.11.